The molecule has 1 fully saturated rings. The van der Waals surface area contributed by atoms with E-state index in [1.807, 2.05) is 0 Å². The van der Waals surface area contributed by atoms with Crippen molar-refractivity contribution in [2.45, 2.75) is 47.0 Å². The lowest BCUT2D eigenvalue weighted by molar-refractivity contribution is 0.104. The highest BCUT2D eigenvalue weighted by Crippen LogP contribution is 1.98. The van der Waals surface area contributed by atoms with E-state index < -0.39 is 0 Å². The minimum Gasteiger partial charge on any atom is -0.396 e. The summed E-state index contributed by atoms with van der Waals surface area (Å²) in [5, 5.41) is 12.2. The third kappa shape index (κ3) is 15.8. The maximum Gasteiger partial charge on any atom is 0.0594 e. The summed E-state index contributed by atoms with van der Waals surface area (Å²) < 4.78 is 5.51. The van der Waals surface area contributed by atoms with Gasteiger partial charge in [-0.1, -0.05) is 27.7 Å². The summed E-state index contributed by atoms with van der Waals surface area (Å²) in [4.78, 5) is 2.39. The van der Waals surface area contributed by atoms with Crippen LogP contribution in [0, 0.1) is 0 Å². The number of nitrogens with one attached hydrogen (secondary N) is 1. The first kappa shape index (κ1) is 21.1. The molecular formula is C15H36N2O2. The van der Waals surface area contributed by atoms with Crippen molar-refractivity contribution in [1.29, 1.82) is 0 Å². The molecule has 1 aliphatic heterocycles. The van der Waals surface area contributed by atoms with Gasteiger partial charge in [-0.2, -0.15) is 0 Å². The second kappa shape index (κ2) is 17.8. The summed E-state index contributed by atoms with van der Waals surface area (Å²) in [6.07, 6.45) is 4.59. The van der Waals surface area contributed by atoms with Gasteiger partial charge in [0.1, 0.15) is 0 Å². The summed E-state index contributed by atoms with van der Waals surface area (Å²) in [5.41, 5.74) is 0. The van der Waals surface area contributed by atoms with Gasteiger partial charge in [0.25, 0.3) is 0 Å². The number of ether oxygens (including phenoxy) is 1. The summed E-state index contributed by atoms with van der Waals surface area (Å²) in [6, 6.07) is 0. The molecule has 0 aliphatic carbocycles. The van der Waals surface area contributed by atoms with Crippen LogP contribution >= 0.6 is 0 Å². The molecule has 0 aromatic carbocycles. The van der Waals surface area contributed by atoms with Crippen LogP contribution in [0.1, 0.15) is 47.0 Å². The minimum atomic E-state index is 0. The van der Waals surface area contributed by atoms with Crippen LogP contribution in [0.3, 0.4) is 0 Å². The van der Waals surface area contributed by atoms with E-state index in [0.29, 0.717) is 6.61 Å². The second-order valence-corrected chi connectivity index (χ2v) is 4.70. The van der Waals surface area contributed by atoms with Gasteiger partial charge in [0, 0.05) is 26.2 Å². The molecule has 0 amide bonds. The van der Waals surface area contributed by atoms with E-state index in [0.717, 1.165) is 52.4 Å². The van der Waals surface area contributed by atoms with Crippen molar-refractivity contribution >= 4 is 0 Å². The van der Waals surface area contributed by atoms with E-state index in [9.17, 15) is 0 Å². The molecule has 0 aromatic rings. The number of hydrogen-bond acceptors (Lipinski definition) is 4. The molecule has 0 aromatic heterocycles. The Hall–Kier alpha value is -0.160. The lowest BCUT2D eigenvalue weighted by Crippen LogP contribution is -2.30. The Labute approximate surface area is 120 Å². The number of hydrogen-bond donors (Lipinski definition) is 2. The lowest BCUT2D eigenvalue weighted by Gasteiger charge is -2.21. The van der Waals surface area contributed by atoms with Crippen LogP contribution in [0.2, 0.25) is 0 Å². The van der Waals surface area contributed by atoms with Crippen molar-refractivity contribution < 1.29 is 9.84 Å². The zero-order chi connectivity index (χ0) is 13.5. The van der Waals surface area contributed by atoms with Crippen LogP contribution in [0.25, 0.3) is 0 Å². The predicted octanol–water partition coefficient (Wildman–Crippen LogP) is 2.12. The fourth-order valence-electron chi connectivity index (χ4n) is 1.78. The topological polar surface area (TPSA) is 44.7 Å². The van der Waals surface area contributed by atoms with E-state index >= 15 is 0 Å². The monoisotopic (exact) mass is 276 g/mol. The van der Waals surface area contributed by atoms with Crippen LogP contribution in [0.5, 0.6) is 0 Å². The molecule has 1 aliphatic rings. The van der Waals surface area contributed by atoms with Gasteiger partial charge < -0.3 is 20.1 Å². The van der Waals surface area contributed by atoms with Crippen molar-refractivity contribution in [3.05, 3.63) is 0 Å². The van der Waals surface area contributed by atoms with Gasteiger partial charge in [0.2, 0.25) is 0 Å². The molecule has 0 unspecified atom stereocenters. The minimum absolute atomic E-state index is 0. The number of rotatable bonds is 3. The predicted molar refractivity (Wildman–Crippen MR) is 83.8 cm³/mol. The van der Waals surface area contributed by atoms with E-state index in [4.69, 9.17) is 9.84 Å². The Bertz CT molecular complexity index is 145. The fraction of sp³-hybridized carbons (Fsp3) is 1.00. The normalized spacial score (nSPS) is 18.5. The van der Waals surface area contributed by atoms with Crippen molar-refractivity contribution in [1.82, 2.24) is 10.2 Å². The molecule has 0 saturated carbocycles. The molecule has 0 spiro atoms. The molecule has 0 bridgehead atoms. The molecule has 0 atom stereocenters. The SMILES string of the molecule is C.CCC.OCCCN1CCCCNCCOCC1. The van der Waals surface area contributed by atoms with Gasteiger partial charge in [-0.3, -0.25) is 0 Å². The molecule has 118 valence electrons. The number of aliphatic hydroxyl groups is 1. The van der Waals surface area contributed by atoms with E-state index in [-0.39, 0.29) is 7.43 Å². The van der Waals surface area contributed by atoms with Crippen molar-refractivity contribution in [3.8, 4) is 0 Å². The molecule has 4 nitrogen and oxygen atoms in total. The van der Waals surface area contributed by atoms with E-state index in [1.54, 1.807) is 0 Å². The summed E-state index contributed by atoms with van der Waals surface area (Å²) in [5.74, 6) is 0. The Balaban J connectivity index is 0. The third-order valence-corrected chi connectivity index (χ3v) is 2.69. The Morgan fingerprint density at radius 1 is 1.11 bits per heavy atom. The van der Waals surface area contributed by atoms with Crippen LogP contribution < -0.4 is 5.32 Å². The lowest BCUT2D eigenvalue weighted by atomic mass is 10.2. The maximum atomic E-state index is 8.80. The third-order valence-electron chi connectivity index (χ3n) is 2.69. The zero-order valence-corrected chi connectivity index (χ0v) is 12.3. The first-order valence-corrected chi connectivity index (χ1v) is 7.46. The van der Waals surface area contributed by atoms with E-state index in [2.05, 4.69) is 24.1 Å². The molecule has 4 heteroatoms. The summed E-state index contributed by atoms with van der Waals surface area (Å²) in [7, 11) is 0. The summed E-state index contributed by atoms with van der Waals surface area (Å²) in [6.45, 7) is 11.4. The van der Waals surface area contributed by atoms with E-state index in [1.165, 1.54) is 19.3 Å². The molecular weight excluding hydrogens is 240 g/mol. The van der Waals surface area contributed by atoms with Crippen molar-refractivity contribution in [2.24, 2.45) is 0 Å². The number of aliphatic hydroxyl groups excluding tert-OH is 1. The largest absolute Gasteiger partial charge is 0.396 e. The quantitative estimate of drug-likeness (QED) is 0.829. The zero-order valence-electron chi connectivity index (χ0n) is 12.3. The van der Waals surface area contributed by atoms with Crippen LogP contribution in [0.15, 0.2) is 0 Å². The van der Waals surface area contributed by atoms with Crippen LogP contribution in [-0.4, -0.2) is 62.6 Å². The first-order valence-electron chi connectivity index (χ1n) is 7.46. The maximum absolute atomic E-state index is 8.80. The Morgan fingerprint density at radius 3 is 2.53 bits per heavy atom. The van der Waals surface area contributed by atoms with Gasteiger partial charge in [-0.05, 0) is 32.4 Å². The molecule has 19 heavy (non-hydrogen) atoms. The van der Waals surface area contributed by atoms with Gasteiger partial charge in [0.05, 0.1) is 13.2 Å². The van der Waals surface area contributed by atoms with Crippen molar-refractivity contribution in [3.63, 3.8) is 0 Å². The highest BCUT2D eigenvalue weighted by Gasteiger charge is 2.05. The molecule has 2 N–H and O–H groups in total. The Kier molecular flexibility index (Phi) is 19.9. The van der Waals surface area contributed by atoms with Gasteiger partial charge in [0.15, 0.2) is 0 Å². The average Bonchev–Trinajstić information content (AvgIpc) is 2.43. The molecule has 0 radical (unpaired) electrons. The van der Waals surface area contributed by atoms with Gasteiger partial charge in [-0.15, -0.1) is 0 Å². The molecule has 1 saturated heterocycles. The van der Waals surface area contributed by atoms with Crippen LogP contribution in [0.4, 0.5) is 0 Å². The second-order valence-electron chi connectivity index (χ2n) is 4.70. The molecule has 1 rings (SSSR count). The smallest absolute Gasteiger partial charge is 0.0594 e. The highest BCUT2D eigenvalue weighted by atomic mass is 16.5. The fourth-order valence-corrected chi connectivity index (χ4v) is 1.78. The highest BCUT2D eigenvalue weighted by molar-refractivity contribution is 4.60. The number of nitrogens with zero attached hydrogens (tertiary/aromatic N) is 1. The van der Waals surface area contributed by atoms with Crippen LogP contribution in [-0.2, 0) is 4.74 Å². The first-order chi connectivity index (χ1) is 8.85. The average molecular weight is 276 g/mol. The van der Waals surface area contributed by atoms with Crippen molar-refractivity contribution in [2.75, 3.05) is 52.5 Å². The molecule has 1 heterocycles. The van der Waals surface area contributed by atoms with Gasteiger partial charge >= 0.3 is 0 Å². The standard InChI is InChI=1S/C11H24N2O2.C3H8.CH4/c14-9-3-7-13-6-2-1-4-12-5-10-15-11-8-13;1-3-2;/h12,14H,1-11H2;3H2,1-2H3;1H4. The Morgan fingerprint density at radius 2 is 1.84 bits per heavy atom. The summed E-state index contributed by atoms with van der Waals surface area (Å²) >= 11 is 0. The van der Waals surface area contributed by atoms with Gasteiger partial charge in [-0.25, -0.2) is 0 Å².